The van der Waals surface area contributed by atoms with E-state index in [-0.39, 0.29) is 5.91 Å². The topological polar surface area (TPSA) is 42.2 Å². The predicted molar refractivity (Wildman–Crippen MR) is 75.3 cm³/mol. The maximum Gasteiger partial charge on any atom is 0.291 e. The van der Waals surface area contributed by atoms with Crippen LogP contribution in [0.5, 0.6) is 0 Å². The summed E-state index contributed by atoms with van der Waals surface area (Å²) in [4.78, 5) is 11.9. The second kappa shape index (κ2) is 4.91. The number of carbonyl (C=O) groups is 1. The molecular formula is C13H12INO2. The van der Waals surface area contributed by atoms with Gasteiger partial charge in [0, 0.05) is 14.8 Å². The Bertz CT molecular complexity index is 560. The summed E-state index contributed by atoms with van der Waals surface area (Å²) in [6.07, 6.45) is 1.52. The van der Waals surface area contributed by atoms with Gasteiger partial charge in [-0.3, -0.25) is 4.79 Å². The van der Waals surface area contributed by atoms with Crippen molar-refractivity contribution in [3.05, 3.63) is 51.0 Å². The van der Waals surface area contributed by atoms with Crippen LogP contribution in [0, 0.1) is 17.4 Å². The zero-order chi connectivity index (χ0) is 12.4. The van der Waals surface area contributed by atoms with Gasteiger partial charge in [-0.25, -0.2) is 0 Å². The lowest BCUT2D eigenvalue weighted by Crippen LogP contribution is -2.13. The number of aryl methyl sites for hydroxylation is 2. The van der Waals surface area contributed by atoms with E-state index in [2.05, 4.69) is 27.9 Å². The minimum Gasteiger partial charge on any atom is -0.459 e. The van der Waals surface area contributed by atoms with Gasteiger partial charge in [0.05, 0.1) is 6.26 Å². The predicted octanol–water partition coefficient (Wildman–Crippen LogP) is 3.75. The molecule has 0 atom stereocenters. The van der Waals surface area contributed by atoms with E-state index in [9.17, 15) is 4.79 Å². The maximum absolute atomic E-state index is 11.9. The van der Waals surface area contributed by atoms with Gasteiger partial charge in [-0.2, -0.15) is 0 Å². The van der Waals surface area contributed by atoms with Crippen molar-refractivity contribution in [3.8, 4) is 0 Å². The van der Waals surface area contributed by atoms with Crippen LogP contribution in [-0.4, -0.2) is 5.91 Å². The molecule has 3 nitrogen and oxygen atoms in total. The van der Waals surface area contributed by atoms with Crippen LogP contribution < -0.4 is 5.32 Å². The number of hydrogen-bond donors (Lipinski definition) is 1. The third-order valence-corrected chi connectivity index (χ3v) is 3.18. The summed E-state index contributed by atoms with van der Waals surface area (Å²) in [6.45, 7) is 3.81. The first-order chi connectivity index (χ1) is 8.08. The molecule has 0 aliphatic carbocycles. The molecule has 0 aliphatic rings. The van der Waals surface area contributed by atoms with Gasteiger partial charge in [0.15, 0.2) is 5.76 Å². The van der Waals surface area contributed by atoms with Crippen LogP contribution in [0.3, 0.4) is 0 Å². The first-order valence-corrected chi connectivity index (χ1v) is 6.27. The molecule has 0 fully saturated rings. The van der Waals surface area contributed by atoms with Gasteiger partial charge >= 0.3 is 0 Å². The highest BCUT2D eigenvalue weighted by Gasteiger charge is 2.13. The number of carbonyl (C=O) groups excluding carboxylic acids is 1. The second-order valence-corrected chi connectivity index (χ2v) is 5.09. The second-order valence-electron chi connectivity index (χ2n) is 3.85. The number of nitrogens with one attached hydrogen (secondary N) is 1. The Balaban J connectivity index is 2.22. The highest BCUT2D eigenvalue weighted by atomic mass is 127. The van der Waals surface area contributed by atoms with Crippen molar-refractivity contribution in [2.45, 2.75) is 13.8 Å². The molecule has 1 aromatic carbocycles. The smallest absolute Gasteiger partial charge is 0.291 e. The first-order valence-electron chi connectivity index (χ1n) is 5.19. The number of amides is 1. The van der Waals surface area contributed by atoms with Crippen LogP contribution in [0.4, 0.5) is 5.69 Å². The summed E-state index contributed by atoms with van der Waals surface area (Å²) >= 11 is 2.24. The fourth-order valence-electron chi connectivity index (χ4n) is 1.55. The Morgan fingerprint density at radius 2 is 2.00 bits per heavy atom. The highest BCUT2D eigenvalue weighted by molar-refractivity contribution is 14.1. The number of rotatable bonds is 2. The van der Waals surface area contributed by atoms with E-state index < -0.39 is 0 Å². The standard InChI is InChI=1S/C13H12INO2/c1-8-5-6-17-12(8)13(16)15-11-4-3-10(14)7-9(11)2/h3-7H,1-2H3,(H,15,16). The summed E-state index contributed by atoms with van der Waals surface area (Å²) in [6, 6.07) is 7.65. The Morgan fingerprint density at radius 1 is 1.24 bits per heavy atom. The van der Waals surface area contributed by atoms with Gasteiger partial charge in [-0.05, 0) is 66.3 Å². The molecule has 0 saturated heterocycles. The minimum absolute atomic E-state index is 0.211. The van der Waals surface area contributed by atoms with Crippen LogP contribution in [0.2, 0.25) is 0 Å². The van der Waals surface area contributed by atoms with Gasteiger partial charge in [-0.1, -0.05) is 0 Å². The number of furan rings is 1. The third-order valence-electron chi connectivity index (χ3n) is 2.50. The van der Waals surface area contributed by atoms with E-state index in [0.717, 1.165) is 20.4 Å². The molecule has 1 heterocycles. The molecule has 4 heteroatoms. The van der Waals surface area contributed by atoms with Crippen molar-refractivity contribution in [3.63, 3.8) is 0 Å². The van der Waals surface area contributed by atoms with E-state index in [1.54, 1.807) is 6.07 Å². The number of benzene rings is 1. The Hall–Kier alpha value is -1.30. The fraction of sp³-hybridized carbons (Fsp3) is 0.154. The van der Waals surface area contributed by atoms with Gasteiger partial charge in [0.25, 0.3) is 5.91 Å². The summed E-state index contributed by atoms with van der Waals surface area (Å²) < 4.78 is 6.29. The summed E-state index contributed by atoms with van der Waals surface area (Å²) in [7, 11) is 0. The average molecular weight is 341 g/mol. The third kappa shape index (κ3) is 2.69. The Kier molecular flexibility index (Phi) is 3.51. The van der Waals surface area contributed by atoms with Gasteiger partial charge < -0.3 is 9.73 Å². The number of anilines is 1. The van der Waals surface area contributed by atoms with Crippen LogP contribution in [0.15, 0.2) is 34.9 Å². The highest BCUT2D eigenvalue weighted by Crippen LogP contribution is 2.19. The number of hydrogen-bond acceptors (Lipinski definition) is 2. The SMILES string of the molecule is Cc1cc(I)ccc1NC(=O)c1occc1C. The molecule has 2 rings (SSSR count). The average Bonchev–Trinajstić information content (AvgIpc) is 2.68. The summed E-state index contributed by atoms with van der Waals surface area (Å²) in [5.74, 6) is 0.153. The molecule has 0 bridgehead atoms. The van der Waals surface area contributed by atoms with Crippen molar-refractivity contribution in [1.29, 1.82) is 0 Å². The lowest BCUT2D eigenvalue weighted by atomic mass is 10.2. The Labute approximate surface area is 113 Å². The van der Waals surface area contributed by atoms with E-state index in [1.807, 2.05) is 32.0 Å². The normalized spacial score (nSPS) is 10.3. The van der Waals surface area contributed by atoms with E-state index in [4.69, 9.17) is 4.42 Å². The van der Waals surface area contributed by atoms with E-state index in [0.29, 0.717) is 5.76 Å². The van der Waals surface area contributed by atoms with Gasteiger partial charge in [0.2, 0.25) is 0 Å². The lowest BCUT2D eigenvalue weighted by Gasteiger charge is -2.07. The molecule has 88 valence electrons. The molecule has 17 heavy (non-hydrogen) atoms. The maximum atomic E-state index is 11.9. The van der Waals surface area contributed by atoms with Crippen LogP contribution in [-0.2, 0) is 0 Å². The summed E-state index contributed by atoms with van der Waals surface area (Å²) in [5, 5.41) is 2.84. The molecule has 0 saturated carbocycles. The summed E-state index contributed by atoms with van der Waals surface area (Å²) in [5.41, 5.74) is 2.69. The van der Waals surface area contributed by atoms with Crippen molar-refractivity contribution in [2.75, 3.05) is 5.32 Å². The minimum atomic E-state index is -0.211. The quantitative estimate of drug-likeness (QED) is 0.846. The van der Waals surface area contributed by atoms with Crippen molar-refractivity contribution in [1.82, 2.24) is 0 Å². The monoisotopic (exact) mass is 341 g/mol. The molecule has 0 radical (unpaired) electrons. The molecule has 1 N–H and O–H groups in total. The largest absolute Gasteiger partial charge is 0.459 e. The van der Waals surface area contributed by atoms with Crippen molar-refractivity contribution >= 4 is 34.2 Å². The van der Waals surface area contributed by atoms with Crippen molar-refractivity contribution in [2.24, 2.45) is 0 Å². The number of halogens is 1. The van der Waals surface area contributed by atoms with Crippen LogP contribution in [0.1, 0.15) is 21.7 Å². The van der Waals surface area contributed by atoms with Crippen molar-refractivity contribution < 1.29 is 9.21 Å². The molecule has 0 unspecified atom stereocenters. The zero-order valence-electron chi connectivity index (χ0n) is 9.58. The molecule has 0 spiro atoms. The fourth-order valence-corrected chi connectivity index (χ4v) is 2.20. The van der Waals surface area contributed by atoms with Gasteiger partial charge in [-0.15, -0.1) is 0 Å². The molecule has 1 amide bonds. The molecule has 1 aromatic heterocycles. The van der Waals surface area contributed by atoms with E-state index in [1.165, 1.54) is 6.26 Å². The molecule has 0 aliphatic heterocycles. The van der Waals surface area contributed by atoms with Crippen LogP contribution >= 0.6 is 22.6 Å². The zero-order valence-corrected chi connectivity index (χ0v) is 11.7. The van der Waals surface area contributed by atoms with Crippen LogP contribution in [0.25, 0.3) is 0 Å². The van der Waals surface area contributed by atoms with E-state index >= 15 is 0 Å². The lowest BCUT2D eigenvalue weighted by molar-refractivity contribution is 0.0996. The first kappa shape index (κ1) is 12.2. The Morgan fingerprint density at radius 3 is 2.59 bits per heavy atom. The molecular weight excluding hydrogens is 329 g/mol. The molecule has 2 aromatic rings. The van der Waals surface area contributed by atoms with Gasteiger partial charge in [0.1, 0.15) is 0 Å².